The molecule has 0 bridgehead atoms. The van der Waals surface area contributed by atoms with Crippen LogP contribution in [0, 0.1) is 22.7 Å². The van der Waals surface area contributed by atoms with E-state index in [-0.39, 0.29) is 0 Å². The van der Waals surface area contributed by atoms with Crippen LogP contribution in [0.25, 0.3) is 146 Å². The lowest BCUT2D eigenvalue weighted by Gasteiger charge is -2.14. The Morgan fingerprint density at radius 2 is 0.583 bits per heavy atom. The Bertz CT molecular complexity index is 4820. The van der Waals surface area contributed by atoms with Crippen molar-refractivity contribution in [2.45, 2.75) is 0 Å². The lowest BCUT2D eigenvalue weighted by Crippen LogP contribution is -2.00. The molecule has 0 aliphatic carbocycles. The number of benzene rings is 12. The van der Waals surface area contributed by atoms with Gasteiger partial charge in [-0.2, -0.15) is 10.5 Å². The second kappa shape index (κ2) is 22.0. The molecule has 14 aromatic rings. The van der Waals surface area contributed by atoms with E-state index in [1.807, 2.05) is 146 Å². The minimum absolute atomic E-state index is 0.562. The molecule has 0 saturated heterocycles. The van der Waals surface area contributed by atoms with Crippen LogP contribution in [0.3, 0.4) is 0 Å². The number of fused-ring (bicyclic) bond motifs is 2. The van der Waals surface area contributed by atoms with E-state index < -0.39 is 0 Å². The van der Waals surface area contributed by atoms with Gasteiger partial charge in [0.2, 0.25) is 0 Å². The average molecular weight is 1070 g/mol. The normalized spacial score (nSPS) is 11.1. The zero-order valence-corrected chi connectivity index (χ0v) is 45.1. The van der Waals surface area contributed by atoms with Crippen molar-refractivity contribution in [2.24, 2.45) is 0 Å². The van der Waals surface area contributed by atoms with Gasteiger partial charge in [-0.15, -0.1) is 0 Å². The van der Waals surface area contributed by atoms with Gasteiger partial charge in [0.1, 0.15) is 0 Å². The third kappa shape index (κ3) is 10.0. The Labute approximate surface area is 485 Å². The van der Waals surface area contributed by atoms with E-state index in [4.69, 9.17) is 29.9 Å². The van der Waals surface area contributed by atoms with Gasteiger partial charge < -0.3 is 0 Å². The van der Waals surface area contributed by atoms with Crippen molar-refractivity contribution >= 4 is 21.5 Å². The van der Waals surface area contributed by atoms with Crippen molar-refractivity contribution in [3.63, 3.8) is 0 Å². The van der Waals surface area contributed by atoms with Crippen molar-refractivity contribution in [2.75, 3.05) is 0 Å². The van der Waals surface area contributed by atoms with E-state index in [9.17, 15) is 10.5 Å². The van der Waals surface area contributed by atoms with Crippen molar-refractivity contribution in [1.29, 1.82) is 10.5 Å². The summed E-state index contributed by atoms with van der Waals surface area (Å²) in [5, 5.41) is 24.3. The number of hydrogen-bond donors (Lipinski definition) is 0. The fourth-order valence-corrected chi connectivity index (χ4v) is 11.0. The topological polar surface area (TPSA) is 125 Å². The Kier molecular flexibility index (Phi) is 13.2. The number of aromatic nitrogens is 6. The van der Waals surface area contributed by atoms with Gasteiger partial charge in [-0.3, -0.25) is 0 Å². The molecule has 12 aromatic carbocycles. The summed E-state index contributed by atoms with van der Waals surface area (Å²) in [5.41, 5.74) is 16.6. The summed E-state index contributed by atoms with van der Waals surface area (Å²) in [7, 11) is 0. The van der Waals surface area contributed by atoms with Gasteiger partial charge in [0.15, 0.2) is 34.9 Å². The van der Waals surface area contributed by atoms with Gasteiger partial charge in [-0.1, -0.05) is 231 Å². The van der Waals surface area contributed by atoms with Gasteiger partial charge in [-0.25, -0.2) is 29.9 Å². The van der Waals surface area contributed by atoms with Gasteiger partial charge in [0, 0.05) is 38.9 Å². The molecule has 8 heteroatoms. The summed E-state index contributed by atoms with van der Waals surface area (Å²) in [5.74, 6) is 3.51. The minimum atomic E-state index is 0.562. The zero-order chi connectivity index (χ0) is 56.3. The fraction of sp³-hybridized carbons (Fsp3) is 0. The molecule has 0 spiro atoms. The zero-order valence-electron chi connectivity index (χ0n) is 45.1. The van der Waals surface area contributed by atoms with E-state index >= 15 is 0 Å². The van der Waals surface area contributed by atoms with Crippen molar-refractivity contribution in [3.05, 3.63) is 290 Å². The van der Waals surface area contributed by atoms with Crippen LogP contribution >= 0.6 is 0 Å². The molecule has 84 heavy (non-hydrogen) atoms. The Morgan fingerprint density at radius 1 is 0.214 bits per heavy atom. The van der Waals surface area contributed by atoms with E-state index in [2.05, 4.69) is 146 Å². The van der Waals surface area contributed by atoms with Crippen LogP contribution in [-0.2, 0) is 0 Å². The molecule has 0 fully saturated rings. The van der Waals surface area contributed by atoms with Crippen molar-refractivity contribution < 1.29 is 0 Å². The van der Waals surface area contributed by atoms with Crippen LogP contribution < -0.4 is 0 Å². The minimum Gasteiger partial charge on any atom is -0.208 e. The molecular formula is C76H46N8. The van der Waals surface area contributed by atoms with Gasteiger partial charge in [0.25, 0.3) is 0 Å². The average Bonchev–Trinajstić information content (AvgIpc) is 3.74. The van der Waals surface area contributed by atoms with E-state index in [0.29, 0.717) is 46.1 Å². The Morgan fingerprint density at radius 3 is 1.08 bits per heavy atom. The van der Waals surface area contributed by atoms with E-state index in [1.54, 1.807) is 0 Å². The maximum absolute atomic E-state index is 10.0. The van der Waals surface area contributed by atoms with Gasteiger partial charge in [0.05, 0.1) is 23.3 Å². The van der Waals surface area contributed by atoms with Crippen LogP contribution in [0.4, 0.5) is 0 Å². The number of nitrogens with zero attached hydrogens (tertiary/aromatic N) is 8. The summed E-state index contributed by atoms with van der Waals surface area (Å²) in [4.78, 5) is 30.1. The predicted octanol–water partition coefficient (Wildman–Crippen LogP) is 18.4. The summed E-state index contributed by atoms with van der Waals surface area (Å²) in [6.07, 6.45) is 0. The molecule has 2 aromatic heterocycles. The van der Waals surface area contributed by atoms with Gasteiger partial charge >= 0.3 is 0 Å². The molecule has 0 unspecified atom stereocenters. The molecular weight excluding hydrogens is 1020 g/mol. The van der Waals surface area contributed by atoms with E-state index in [0.717, 1.165) is 111 Å². The van der Waals surface area contributed by atoms with Crippen molar-refractivity contribution in [1.82, 2.24) is 29.9 Å². The highest BCUT2D eigenvalue weighted by Gasteiger charge is 2.18. The second-order valence-corrected chi connectivity index (χ2v) is 20.5. The van der Waals surface area contributed by atoms with Gasteiger partial charge in [-0.05, 0) is 120 Å². The molecule has 8 nitrogen and oxygen atoms in total. The smallest absolute Gasteiger partial charge is 0.164 e. The number of hydrogen-bond acceptors (Lipinski definition) is 8. The predicted molar refractivity (Wildman–Crippen MR) is 337 cm³/mol. The third-order valence-corrected chi connectivity index (χ3v) is 15.3. The highest BCUT2D eigenvalue weighted by molar-refractivity contribution is 6.03. The maximum Gasteiger partial charge on any atom is 0.164 e. The SMILES string of the molecule is N#Cc1cccc(-c2cc(-c3ccc(-c4nc(-c5ccccc5)nc(-c5ccccc5)n4)cc3)cc3cc(-c4ccc(-c5nc(-c6ccccc6)nc(-c6ccc(-c7cc(-c8ccccc8C#N)c8ccccc8c7)cc6)n5)cc4)ccc23)c1. The lowest BCUT2D eigenvalue weighted by molar-refractivity contribution is 1.07. The summed E-state index contributed by atoms with van der Waals surface area (Å²) >= 11 is 0. The van der Waals surface area contributed by atoms with Crippen LogP contribution in [0.1, 0.15) is 11.1 Å². The summed E-state index contributed by atoms with van der Waals surface area (Å²) < 4.78 is 0. The largest absolute Gasteiger partial charge is 0.208 e. The molecule has 0 N–H and O–H groups in total. The molecule has 0 aliphatic heterocycles. The van der Waals surface area contributed by atoms with E-state index in [1.165, 1.54) is 0 Å². The highest BCUT2D eigenvalue weighted by Crippen LogP contribution is 2.40. The maximum atomic E-state index is 10.0. The van der Waals surface area contributed by atoms with Crippen LogP contribution in [0.2, 0.25) is 0 Å². The quantitative estimate of drug-likeness (QED) is 0.125. The molecule has 0 amide bonds. The third-order valence-electron chi connectivity index (χ3n) is 15.3. The molecule has 0 atom stereocenters. The first-order chi connectivity index (χ1) is 41.5. The molecule has 2 heterocycles. The standard InChI is InChI=1S/C76H46N8/c77-47-49-15-14-24-60(41-49)69-45-64(52-31-37-57(38-32-52)74-80-71(53-16-4-1-5-17-53)79-72(81-74)54-18-6-2-7-19-54)44-65-42-59(39-40-68(65)69)50-27-33-56(34-28-50)75-82-73(55-20-8-3-9-21-55)83-76(84-75)58-35-29-51(30-36-58)63-43-61-22-10-12-25-66(61)70(46-63)67-26-13-11-23-62(67)48-78/h1-46H. The lowest BCUT2D eigenvalue weighted by atomic mass is 9.90. The first kappa shape index (κ1) is 50.4. The Hall–Kier alpha value is -11.8. The molecule has 0 radical (unpaired) electrons. The monoisotopic (exact) mass is 1070 g/mol. The number of rotatable bonds is 11. The summed E-state index contributed by atoms with van der Waals surface area (Å²) in [6, 6.07) is 99.1. The summed E-state index contributed by atoms with van der Waals surface area (Å²) in [6.45, 7) is 0. The molecule has 390 valence electrons. The molecule has 0 aliphatic rings. The highest BCUT2D eigenvalue weighted by atomic mass is 15.0. The molecule has 0 saturated carbocycles. The Balaban J connectivity index is 0.801. The van der Waals surface area contributed by atoms with Crippen LogP contribution in [0.15, 0.2) is 279 Å². The van der Waals surface area contributed by atoms with Crippen LogP contribution in [-0.4, -0.2) is 29.9 Å². The fourth-order valence-electron chi connectivity index (χ4n) is 11.0. The number of nitriles is 2. The van der Waals surface area contributed by atoms with Crippen molar-refractivity contribution in [3.8, 4) is 136 Å². The first-order valence-electron chi connectivity index (χ1n) is 27.6. The van der Waals surface area contributed by atoms with Crippen LogP contribution in [0.5, 0.6) is 0 Å². The molecule has 14 rings (SSSR count). The second-order valence-electron chi connectivity index (χ2n) is 20.5. The first-order valence-corrected chi connectivity index (χ1v) is 27.6.